The van der Waals surface area contributed by atoms with Crippen LogP contribution in [0.4, 0.5) is 4.79 Å². The maximum atomic E-state index is 12.4. The van der Waals surface area contributed by atoms with Crippen molar-refractivity contribution >= 4 is 11.9 Å². The molecule has 3 aliphatic rings. The van der Waals surface area contributed by atoms with Gasteiger partial charge in [-0.15, -0.1) is 0 Å². The monoisotopic (exact) mass is 295 g/mol. The topological polar surface area (TPSA) is 84.7 Å². The highest BCUT2D eigenvalue weighted by Crippen LogP contribution is 2.40. The zero-order valence-electron chi connectivity index (χ0n) is 12.7. The van der Waals surface area contributed by atoms with Crippen molar-refractivity contribution in [3.63, 3.8) is 0 Å². The molecule has 21 heavy (non-hydrogen) atoms. The third-order valence-electron chi connectivity index (χ3n) is 5.41. The lowest BCUT2D eigenvalue weighted by atomic mass is 9.73. The molecule has 0 radical (unpaired) electrons. The van der Waals surface area contributed by atoms with Crippen molar-refractivity contribution in [2.24, 2.45) is 11.1 Å². The molecular formula is C15H25N3O3. The Bertz CT molecular complexity index is 437. The molecule has 6 nitrogen and oxygen atoms in total. The Hall–Kier alpha value is -1.14. The third kappa shape index (κ3) is 2.79. The van der Waals surface area contributed by atoms with Gasteiger partial charge in [0, 0.05) is 19.2 Å². The number of nitrogens with one attached hydrogen (secondary N) is 1. The predicted octanol–water partition coefficient (Wildman–Crippen LogP) is 0.995. The first-order valence-electron chi connectivity index (χ1n) is 7.87. The van der Waals surface area contributed by atoms with Gasteiger partial charge in [-0.25, -0.2) is 4.79 Å². The minimum absolute atomic E-state index is 0.0865. The lowest BCUT2D eigenvalue weighted by Gasteiger charge is -2.48. The van der Waals surface area contributed by atoms with Crippen molar-refractivity contribution in [3.8, 4) is 0 Å². The molecular weight excluding hydrogens is 270 g/mol. The SMILES string of the molecule is CC1(CN2C(=O)NC(=O)CC23CCOC3)CCC(N)CC1. The summed E-state index contributed by atoms with van der Waals surface area (Å²) in [6.45, 7) is 4.01. The summed E-state index contributed by atoms with van der Waals surface area (Å²) in [5, 5.41) is 2.46. The van der Waals surface area contributed by atoms with Crippen LogP contribution in [0.3, 0.4) is 0 Å². The number of carbonyl (C=O) groups is 2. The van der Waals surface area contributed by atoms with Gasteiger partial charge in [0.1, 0.15) is 0 Å². The van der Waals surface area contributed by atoms with Crippen LogP contribution >= 0.6 is 0 Å². The zero-order valence-corrected chi connectivity index (χ0v) is 12.7. The summed E-state index contributed by atoms with van der Waals surface area (Å²) >= 11 is 0. The molecule has 1 saturated carbocycles. The minimum Gasteiger partial charge on any atom is -0.379 e. The molecule has 1 spiro atoms. The summed E-state index contributed by atoms with van der Waals surface area (Å²) in [7, 11) is 0. The number of amides is 3. The molecule has 6 heteroatoms. The normalized spacial score (nSPS) is 40.7. The molecule has 118 valence electrons. The molecule has 0 aromatic rings. The summed E-state index contributed by atoms with van der Waals surface area (Å²) < 4.78 is 5.51. The number of nitrogens with zero attached hydrogens (tertiary/aromatic N) is 1. The second-order valence-corrected chi connectivity index (χ2v) is 7.29. The van der Waals surface area contributed by atoms with E-state index in [1.165, 1.54) is 0 Å². The molecule has 3 fully saturated rings. The summed E-state index contributed by atoms with van der Waals surface area (Å²) in [5.74, 6) is -0.183. The second-order valence-electron chi connectivity index (χ2n) is 7.29. The fraction of sp³-hybridized carbons (Fsp3) is 0.867. The molecule has 3 N–H and O–H groups in total. The summed E-state index contributed by atoms with van der Waals surface area (Å²) in [5.41, 5.74) is 5.65. The van der Waals surface area contributed by atoms with Gasteiger partial charge in [0.2, 0.25) is 5.91 Å². The highest BCUT2D eigenvalue weighted by Gasteiger charge is 2.50. The van der Waals surface area contributed by atoms with Crippen molar-refractivity contribution in [2.75, 3.05) is 19.8 Å². The van der Waals surface area contributed by atoms with Crippen molar-refractivity contribution < 1.29 is 14.3 Å². The van der Waals surface area contributed by atoms with Crippen LogP contribution in [0.2, 0.25) is 0 Å². The smallest absolute Gasteiger partial charge is 0.324 e. The minimum atomic E-state index is -0.429. The van der Waals surface area contributed by atoms with Gasteiger partial charge in [0.05, 0.1) is 18.6 Å². The molecule has 3 amide bonds. The van der Waals surface area contributed by atoms with E-state index in [0.717, 1.165) is 32.1 Å². The lowest BCUT2D eigenvalue weighted by molar-refractivity contribution is -0.126. The van der Waals surface area contributed by atoms with E-state index in [0.29, 0.717) is 32.2 Å². The number of ether oxygens (including phenoxy) is 1. The fourth-order valence-electron chi connectivity index (χ4n) is 3.91. The van der Waals surface area contributed by atoms with E-state index in [2.05, 4.69) is 12.2 Å². The lowest BCUT2D eigenvalue weighted by Crippen LogP contribution is -2.65. The van der Waals surface area contributed by atoms with Crippen LogP contribution in [0.15, 0.2) is 0 Å². The average molecular weight is 295 g/mol. The van der Waals surface area contributed by atoms with Crippen LogP contribution in [-0.4, -0.2) is 48.2 Å². The molecule has 0 aromatic heterocycles. The standard InChI is InChI=1S/C15H25N3O3/c1-14(4-2-11(16)3-5-14)9-18-13(20)17-12(19)8-15(18)6-7-21-10-15/h11H,2-10,16H2,1H3,(H,17,19,20). The highest BCUT2D eigenvalue weighted by molar-refractivity contribution is 5.98. The predicted molar refractivity (Wildman–Crippen MR) is 77.6 cm³/mol. The molecule has 2 heterocycles. The quantitative estimate of drug-likeness (QED) is 0.796. The Morgan fingerprint density at radius 1 is 1.33 bits per heavy atom. The van der Waals surface area contributed by atoms with Gasteiger partial charge < -0.3 is 15.4 Å². The number of urea groups is 1. The Balaban J connectivity index is 1.78. The van der Waals surface area contributed by atoms with E-state index in [9.17, 15) is 9.59 Å². The first kappa shape index (κ1) is 14.8. The van der Waals surface area contributed by atoms with Crippen LogP contribution < -0.4 is 11.1 Å². The van der Waals surface area contributed by atoms with Crippen molar-refractivity contribution in [1.82, 2.24) is 10.2 Å². The number of imide groups is 1. The Morgan fingerprint density at radius 2 is 2.05 bits per heavy atom. The largest absolute Gasteiger partial charge is 0.379 e. The number of nitrogens with two attached hydrogens (primary N) is 1. The Labute approximate surface area is 125 Å². The van der Waals surface area contributed by atoms with Crippen LogP contribution in [0.5, 0.6) is 0 Å². The molecule has 1 aliphatic carbocycles. The van der Waals surface area contributed by atoms with Crippen molar-refractivity contribution in [1.29, 1.82) is 0 Å². The average Bonchev–Trinajstić information content (AvgIpc) is 2.87. The number of carbonyl (C=O) groups excluding carboxylic acids is 2. The van der Waals surface area contributed by atoms with Gasteiger partial charge in [-0.1, -0.05) is 6.92 Å². The maximum absolute atomic E-state index is 12.4. The molecule has 0 aromatic carbocycles. The summed E-state index contributed by atoms with van der Waals surface area (Å²) in [6.07, 6.45) is 5.19. The van der Waals surface area contributed by atoms with Crippen LogP contribution in [0.1, 0.15) is 45.4 Å². The molecule has 0 bridgehead atoms. The van der Waals surface area contributed by atoms with Gasteiger partial charge in [-0.3, -0.25) is 10.1 Å². The second kappa shape index (κ2) is 5.25. The summed E-state index contributed by atoms with van der Waals surface area (Å²) in [6, 6.07) is 0.0338. The van der Waals surface area contributed by atoms with Gasteiger partial charge in [0.15, 0.2) is 0 Å². The number of hydrogen-bond acceptors (Lipinski definition) is 4. The van der Waals surface area contributed by atoms with E-state index in [1.807, 2.05) is 4.90 Å². The Kier molecular flexibility index (Phi) is 3.69. The van der Waals surface area contributed by atoms with Gasteiger partial charge in [0.25, 0.3) is 0 Å². The summed E-state index contributed by atoms with van der Waals surface area (Å²) in [4.78, 5) is 26.0. The highest BCUT2D eigenvalue weighted by atomic mass is 16.5. The first-order valence-corrected chi connectivity index (χ1v) is 7.87. The molecule has 1 unspecified atom stereocenters. The zero-order chi connectivity index (χ0) is 15.1. The van der Waals surface area contributed by atoms with Gasteiger partial charge >= 0.3 is 6.03 Å². The first-order chi connectivity index (χ1) is 9.92. The van der Waals surface area contributed by atoms with Crippen molar-refractivity contribution in [2.45, 2.75) is 57.0 Å². The van der Waals surface area contributed by atoms with E-state index >= 15 is 0 Å². The maximum Gasteiger partial charge on any atom is 0.324 e. The van der Waals surface area contributed by atoms with E-state index < -0.39 is 5.54 Å². The van der Waals surface area contributed by atoms with Crippen molar-refractivity contribution in [3.05, 3.63) is 0 Å². The number of rotatable bonds is 2. The van der Waals surface area contributed by atoms with Gasteiger partial charge in [-0.2, -0.15) is 0 Å². The third-order valence-corrected chi connectivity index (χ3v) is 5.41. The van der Waals surface area contributed by atoms with E-state index in [4.69, 9.17) is 10.5 Å². The van der Waals surface area contributed by atoms with E-state index in [1.54, 1.807) is 0 Å². The molecule has 2 saturated heterocycles. The Morgan fingerprint density at radius 3 is 2.67 bits per heavy atom. The molecule has 2 aliphatic heterocycles. The van der Waals surface area contributed by atoms with Crippen LogP contribution in [0, 0.1) is 5.41 Å². The number of hydrogen-bond donors (Lipinski definition) is 2. The fourth-order valence-corrected chi connectivity index (χ4v) is 3.91. The van der Waals surface area contributed by atoms with Crippen LogP contribution in [0.25, 0.3) is 0 Å². The van der Waals surface area contributed by atoms with Crippen LogP contribution in [-0.2, 0) is 9.53 Å². The van der Waals surface area contributed by atoms with E-state index in [-0.39, 0.29) is 17.4 Å². The molecule has 3 rings (SSSR count). The van der Waals surface area contributed by atoms with Gasteiger partial charge in [-0.05, 0) is 37.5 Å². The molecule has 1 atom stereocenters.